The molecule has 26 heavy (non-hydrogen) atoms. The van der Waals surface area contributed by atoms with E-state index in [9.17, 15) is 4.79 Å². The van der Waals surface area contributed by atoms with Gasteiger partial charge in [-0.05, 0) is 63.0 Å². The van der Waals surface area contributed by atoms with E-state index in [1.807, 2.05) is 56.4 Å². The highest BCUT2D eigenvalue weighted by atomic mass is 32.2. The van der Waals surface area contributed by atoms with E-state index in [2.05, 4.69) is 22.4 Å². The van der Waals surface area contributed by atoms with Crippen molar-refractivity contribution in [2.24, 2.45) is 0 Å². The van der Waals surface area contributed by atoms with Crippen molar-refractivity contribution in [3.05, 3.63) is 36.2 Å². The molecule has 1 amide bonds. The Kier molecular flexibility index (Phi) is 5.97. The summed E-state index contributed by atoms with van der Waals surface area (Å²) in [4.78, 5) is 21.2. The molecule has 0 unspecified atom stereocenters. The Morgan fingerprint density at radius 2 is 2.04 bits per heavy atom. The lowest BCUT2D eigenvalue weighted by atomic mass is 10.2. The lowest BCUT2D eigenvalue weighted by molar-refractivity contribution is 0.0526. The molecule has 0 bridgehead atoms. The molecule has 0 radical (unpaired) electrons. The minimum absolute atomic E-state index is 0.120. The third kappa shape index (κ3) is 5.27. The molecule has 0 aromatic carbocycles. The number of ether oxygens (including phenoxy) is 1. The Labute approximate surface area is 163 Å². The van der Waals surface area contributed by atoms with E-state index in [-0.39, 0.29) is 10.2 Å². The van der Waals surface area contributed by atoms with Gasteiger partial charge in [0.2, 0.25) is 0 Å². The molecule has 3 heterocycles. The predicted molar refractivity (Wildman–Crippen MR) is 110 cm³/mol. The van der Waals surface area contributed by atoms with Crippen molar-refractivity contribution in [1.82, 2.24) is 15.3 Å². The van der Waals surface area contributed by atoms with Crippen LogP contribution in [-0.2, 0) is 11.2 Å². The minimum Gasteiger partial charge on any atom is -0.444 e. The van der Waals surface area contributed by atoms with Crippen LogP contribution in [0.3, 0.4) is 0 Å². The van der Waals surface area contributed by atoms with Gasteiger partial charge >= 0.3 is 6.09 Å². The summed E-state index contributed by atoms with van der Waals surface area (Å²) in [6.45, 7) is 6.18. The van der Waals surface area contributed by atoms with Crippen LogP contribution in [0.15, 0.2) is 30.5 Å². The van der Waals surface area contributed by atoms with E-state index in [1.54, 1.807) is 6.20 Å². The molecular weight excluding hydrogens is 366 g/mol. The van der Waals surface area contributed by atoms with E-state index >= 15 is 0 Å². The SMILES string of the molecule is CC(C)(C)OC(=O)NCC1(Cc2ccc3cccnc3n2)SCCCS1. The normalized spacial score (nSPS) is 17.0. The number of nitrogens with one attached hydrogen (secondary N) is 1. The van der Waals surface area contributed by atoms with Gasteiger partial charge < -0.3 is 10.1 Å². The van der Waals surface area contributed by atoms with Gasteiger partial charge in [0.25, 0.3) is 0 Å². The highest BCUT2D eigenvalue weighted by molar-refractivity contribution is 8.18. The number of carbonyl (C=O) groups excluding carboxylic acids is 1. The highest BCUT2D eigenvalue weighted by Crippen LogP contribution is 2.44. The first-order valence-electron chi connectivity index (χ1n) is 8.81. The van der Waals surface area contributed by atoms with Gasteiger partial charge in [-0.25, -0.2) is 14.8 Å². The fraction of sp³-hybridized carbons (Fsp3) is 0.526. The lowest BCUT2D eigenvalue weighted by Gasteiger charge is -2.36. The maximum atomic E-state index is 12.1. The highest BCUT2D eigenvalue weighted by Gasteiger charge is 2.35. The first-order valence-corrected chi connectivity index (χ1v) is 10.8. The van der Waals surface area contributed by atoms with E-state index < -0.39 is 5.60 Å². The molecule has 140 valence electrons. The number of thioether (sulfide) groups is 2. The average Bonchev–Trinajstić information content (AvgIpc) is 2.59. The van der Waals surface area contributed by atoms with Crippen LogP contribution < -0.4 is 5.32 Å². The lowest BCUT2D eigenvalue weighted by Crippen LogP contribution is -2.43. The van der Waals surface area contributed by atoms with Gasteiger partial charge in [-0.15, -0.1) is 23.5 Å². The number of hydrogen-bond acceptors (Lipinski definition) is 6. The zero-order chi connectivity index (χ0) is 18.6. The van der Waals surface area contributed by atoms with Gasteiger partial charge in [-0.3, -0.25) is 0 Å². The molecule has 0 saturated carbocycles. The van der Waals surface area contributed by atoms with Crippen LogP contribution in [0.5, 0.6) is 0 Å². The van der Waals surface area contributed by atoms with Crippen LogP contribution in [-0.4, -0.2) is 43.8 Å². The topological polar surface area (TPSA) is 64.1 Å². The maximum Gasteiger partial charge on any atom is 0.407 e. The van der Waals surface area contributed by atoms with Crippen LogP contribution in [0.4, 0.5) is 4.79 Å². The van der Waals surface area contributed by atoms with Gasteiger partial charge in [0.05, 0.1) is 4.08 Å². The summed E-state index contributed by atoms with van der Waals surface area (Å²) in [6, 6.07) is 8.07. The van der Waals surface area contributed by atoms with Crippen molar-refractivity contribution < 1.29 is 9.53 Å². The third-order valence-electron chi connectivity index (χ3n) is 3.89. The van der Waals surface area contributed by atoms with Crippen molar-refractivity contribution in [3.8, 4) is 0 Å². The fourth-order valence-electron chi connectivity index (χ4n) is 2.77. The Hall–Kier alpha value is -1.47. The number of carbonyl (C=O) groups is 1. The molecule has 5 nitrogen and oxygen atoms in total. The molecule has 7 heteroatoms. The molecule has 1 N–H and O–H groups in total. The Morgan fingerprint density at radius 3 is 2.77 bits per heavy atom. The molecule has 1 aliphatic rings. The van der Waals surface area contributed by atoms with Gasteiger partial charge in [-0.1, -0.05) is 0 Å². The standard InChI is InChI=1S/C19H25N3O2S2/c1-18(2,3)24-17(23)21-13-19(25-10-5-11-26-19)12-15-8-7-14-6-4-9-20-16(14)22-15/h4,6-9H,5,10-13H2,1-3H3,(H,21,23). The van der Waals surface area contributed by atoms with Gasteiger partial charge in [0, 0.05) is 30.2 Å². The average molecular weight is 392 g/mol. The van der Waals surface area contributed by atoms with E-state index in [0.29, 0.717) is 6.54 Å². The second-order valence-electron chi connectivity index (χ2n) is 7.35. The monoisotopic (exact) mass is 391 g/mol. The largest absolute Gasteiger partial charge is 0.444 e. The van der Waals surface area contributed by atoms with E-state index in [4.69, 9.17) is 9.72 Å². The molecule has 1 fully saturated rings. The molecule has 2 aromatic rings. The summed E-state index contributed by atoms with van der Waals surface area (Å²) in [7, 11) is 0. The first-order chi connectivity index (χ1) is 12.4. The number of nitrogens with zero attached hydrogens (tertiary/aromatic N) is 2. The number of pyridine rings is 2. The molecule has 0 atom stereocenters. The van der Waals surface area contributed by atoms with Crippen LogP contribution in [0.2, 0.25) is 0 Å². The molecule has 1 saturated heterocycles. The van der Waals surface area contributed by atoms with Crippen molar-refractivity contribution in [2.75, 3.05) is 18.1 Å². The Morgan fingerprint density at radius 1 is 1.27 bits per heavy atom. The summed E-state index contributed by atoms with van der Waals surface area (Å²) in [5, 5.41) is 4.00. The van der Waals surface area contributed by atoms with Crippen LogP contribution in [0.1, 0.15) is 32.9 Å². The number of hydrogen-bond donors (Lipinski definition) is 1. The summed E-state index contributed by atoms with van der Waals surface area (Å²) in [5.74, 6) is 2.18. The zero-order valence-corrected chi connectivity index (χ0v) is 17.1. The fourth-order valence-corrected chi connectivity index (χ4v) is 5.96. The summed E-state index contributed by atoms with van der Waals surface area (Å²) in [5.41, 5.74) is 1.28. The minimum atomic E-state index is -0.490. The number of amides is 1. The first kappa shape index (κ1) is 19.3. The Balaban J connectivity index is 1.73. The van der Waals surface area contributed by atoms with Crippen molar-refractivity contribution in [1.29, 1.82) is 0 Å². The van der Waals surface area contributed by atoms with E-state index in [0.717, 1.165) is 34.7 Å². The third-order valence-corrected chi connectivity index (χ3v) is 7.21. The second-order valence-corrected chi connectivity index (χ2v) is 10.6. The number of aromatic nitrogens is 2. The van der Waals surface area contributed by atoms with Crippen LogP contribution >= 0.6 is 23.5 Å². The van der Waals surface area contributed by atoms with E-state index in [1.165, 1.54) is 6.42 Å². The predicted octanol–water partition coefficient (Wildman–Crippen LogP) is 4.26. The molecular formula is C19H25N3O2S2. The molecule has 3 rings (SSSR count). The van der Waals surface area contributed by atoms with Crippen molar-refractivity contribution >= 4 is 40.7 Å². The smallest absolute Gasteiger partial charge is 0.407 e. The van der Waals surface area contributed by atoms with Crippen molar-refractivity contribution in [2.45, 2.75) is 43.3 Å². The summed E-state index contributed by atoms with van der Waals surface area (Å²) in [6.07, 6.45) is 3.38. The second kappa shape index (κ2) is 8.05. The number of fused-ring (bicyclic) bond motifs is 1. The van der Waals surface area contributed by atoms with Crippen LogP contribution in [0.25, 0.3) is 11.0 Å². The quantitative estimate of drug-likeness (QED) is 0.840. The summed E-state index contributed by atoms with van der Waals surface area (Å²) < 4.78 is 5.27. The number of rotatable bonds is 4. The number of alkyl carbamates (subject to hydrolysis) is 1. The summed E-state index contributed by atoms with van der Waals surface area (Å²) >= 11 is 3.81. The Bertz CT molecular complexity index is 771. The van der Waals surface area contributed by atoms with Gasteiger partial charge in [0.1, 0.15) is 5.60 Å². The molecule has 2 aromatic heterocycles. The molecule has 1 aliphatic heterocycles. The van der Waals surface area contributed by atoms with Crippen molar-refractivity contribution in [3.63, 3.8) is 0 Å². The molecule has 0 spiro atoms. The van der Waals surface area contributed by atoms with Gasteiger partial charge in [-0.2, -0.15) is 0 Å². The molecule has 0 aliphatic carbocycles. The maximum absolute atomic E-state index is 12.1. The van der Waals surface area contributed by atoms with Crippen LogP contribution in [0, 0.1) is 0 Å². The zero-order valence-electron chi connectivity index (χ0n) is 15.4. The van der Waals surface area contributed by atoms with Gasteiger partial charge in [0.15, 0.2) is 5.65 Å².